The van der Waals surface area contributed by atoms with Crippen LogP contribution in [0, 0.1) is 5.92 Å². The van der Waals surface area contributed by atoms with Crippen molar-refractivity contribution >= 4 is 11.8 Å². The third-order valence-electron chi connectivity index (χ3n) is 4.06. The normalized spacial score (nSPS) is 32.1. The maximum Gasteiger partial charge on any atom is 0.242 e. The van der Waals surface area contributed by atoms with Crippen LogP contribution in [0.4, 0.5) is 0 Å². The third-order valence-corrected chi connectivity index (χ3v) is 4.06. The fraction of sp³-hybridized carbons (Fsp3) is 0.846. The fourth-order valence-electron chi connectivity index (χ4n) is 3.02. The van der Waals surface area contributed by atoms with Crippen molar-refractivity contribution in [3.8, 4) is 0 Å². The molecule has 108 valence electrons. The van der Waals surface area contributed by atoms with E-state index in [2.05, 4.69) is 0 Å². The number of hydrogen-bond donors (Lipinski definition) is 2. The molecule has 1 saturated heterocycles. The van der Waals surface area contributed by atoms with Gasteiger partial charge in [0.05, 0.1) is 13.2 Å². The second-order valence-corrected chi connectivity index (χ2v) is 5.58. The molecule has 0 bridgehead atoms. The summed E-state index contributed by atoms with van der Waals surface area (Å²) in [7, 11) is 0. The number of amides is 2. The smallest absolute Gasteiger partial charge is 0.242 e. The van der Waals surface area contributed by atoms with Crippen molar-refractivity contribution in [2.75, 3.05) is 19.8 Å². The SMILES string of the molecule is NC(=O)C1COCCN1C(=O)CC1CCCC(N)C1. The lowest BCUT2D eigenvalue weighted by Gasteiger charge is -2.35. The highest BCUT2D eigenvalue weighted by Gasteiger charge is 2.33. The second-order valence-electron chi connectivity index (χ2n) is 5.58. The molecule has 0 aromatic carbocycles. The fourth-order valence-corrected chi connectivity index (χ4v) is 3.02. The molecule has 6 nitrogen and oxygen atoms in total. The van der Waals surface area contributed by atoms with E-state index in [-0.39, 0.29) is 18.6 Å². The van der Waals surface area contributed by atoms with E-state index in [0.29, 0.717) is 25.5 Å². The van der Waals surface area contributed by atoms with Crippen LogP contribution in [0.3, 0.4) is 0 Å². The van der Waals surface area contributed by atoms with E-state index in [4.69, 9.17) is 16.2 Å². The molecule has 3 atom stereocenters. The summed E-state index contributed by atoms with van der Waals surface area (Å²) in [6.07, 6.45) is 4.55. The molecule has 2 aliphatic rings. The van der Waals surface area contributed by atoms with Crippen LogP contribution in [0.5, 0.6) is 0 Å². The molecular weight excluding hydrogens is 246 g/mol. The Morgan fingerprint density at radius 3 is 2.79 bits per heavy atom. The van der Waals surface area contributed by atoms with Crippen LogP contribution in [-0.4, -0.2) is 48.6 Å². The number of hydrogen-bond acceptors (Lipinski definition) is 4. The van der Waals surface area contributed by atoms with Gasteiger partial charge in [0.25, 0.3) is 0 Å². The van der Waals surface area contributed by atoms with Crippen molar-refractivity contribution < 1.29 is 14.3 Å². The second kappa shape index (κ2) is 6.34. The molecule has 0 aromatic rings. The van der Waals surface area contributed by atoms with Gasteiger partial charge >= 0.3 is 0 Å². The number of carbonyl (C=O) groups excluding carboxylic acids is 2. The molecule has 3 unspecified atom stereocenters. The largest absolute Gasteiger partial charge is 0.377 e. The van der Waals surface area contributed by atoms with Gasteiger partial charge in [-0.1, -0.05) is 6.42 Å². The Hall–Kier alpha value is -1.14. The molecule has 0 radical (unpaired) electrons. The summed E-state index contributed by atoms with van der Waals surface area (Å²) in [6, 6.07) is -0.401. The molecule has 1 saturated carbocycles. The van der Waals surface area contributed by atoms with E-state index in [9.17, 15) is 9.59 Å². The van der Waals surface area contributed by atoms with Crippen molar-refractivity contribution in [2.24, 2.45) is 17.4 Å². The summed E-state index contributed by atoms with van der Waals surface area (Å²) in [4.78, 5) is 25.2. The number of carbonyl (C=O) groups is 2. The van der Waals surface area contributed by atoms with Crippen molar-refractivity contribution in [3.05, 3.63) is 0 Å². The minimum absolute atomic E-state index is 0.00574. The number of primary amides is 1. The van der Waals surface area contributed by atoms with Crippen molar-refractivity contribution in [3.63, 3.8) is 0 Å². The van der Waals surface area contributed by atoms with Crippen LogP contribution in [0.15, 0.2) is 0 Å². The lowest BCUT2D eigenvalue weighted by Crippen LogP contribution is -2.55. The standard InChI is InChI=1S/C13H23N3O3/c14-10-3-1-2-9(6-10)7-12(17)16-4-5-19-8-11(16)13(15)18/h9-11H,1-8,14H2,(H2,15,18). The molecule has 2 amide bonds. The average molecular weight is 269 g/mol. The van der Waals surface area contributed by atoms with Gasteiger partial charge in [-0.25, -0.2) is 0 Å². The molecule has 2 fully saturated rings. The van der Waals surface area contributed by atoms with Gasteiger partial charge in [-0.2, -0.15) is 0 Å². The highest BCUT2D eigenvalue weighted by Crippen LogP contribution is 2.27. The lowest BCUT2D eigenvalue weighted by molar-refractivity contribution is -0.148. The van der Waals surface area contributed by atoms with E-state index < -0.39 is 11.9 Å². The zero-order valence-corrected chi connectivity index (χ0v) is 11.2. The molecular formula is C13H23N3O3. The van der Waals surface area contributed by atoms with Crippen LogP contribution in [-0.2, 0) is 14.3 Å². The van der Waals surface area contributed by atoms with Gasteiger partial charge in [0.1, 0.15) is 6.04 Å². The monoisotopic (exact) mass is 269 g/mol. The Morgan fingerprint density at radius 1 is 1.32 bits per heavy atom. The molecule has 0 aromatic heterocycles. The van der Waals surface area contributed by atoms with Gasteiger partial charge in [-0.15, -0.1) is 0 Å². The molecule has 4 N–H and O–H groups in total. The molecule has 1 aliphatic carbocycles. The number of nitrogens with two attached hydrogens (primary N) is 2. The predicted molar refractivity (Wildman–Crippen MR) is 70.1 cm³/mol. The first-order valence-electron chi connectivity index (χ1n) is 7.00. The van der Waals surface area contributed by atoms with E-state index >= 15 is 0 Å². The Morgan fingerprint density at radius 2 is 2.11 bits per heavy atom. The van der Waals surface area contributed by atoms with Crippen LogP contribution in [0.25, 0.3) is 0 Å². The number of nitrogens with zero attached hydrogens (tertiary/aromatic N) is 1. The first kappa shape index (κ1) is 14.3. The first-order chi connectivity index (χ1) is 9.08. The maximum atomic E-state index is 12.3. The molecule has 19 heavy (non-hydrogen) atoms. The molecule has 6 heteroatoms. The zero-order valence-electron chi connectivity index (χ0n) is 11.2. The van der Waals surface area contributed by atoms with Gasteiger partial charge in [0, 0.05) is 19.0 Å². The van der Waals surface area contributed by atoms with Gasteiger partial charge in [0.2, 0.25) is 11.8 Å². The van der Waals surface area contributed by atoms with E-state index in [1.165, 1.54) is 0 Å². The number of morpholine rings is 1. The summed E-state index contributed by atoms with van der Waals surface area (Å²) in [5, 5.41) is 0. The minimum atomic E-state index is -0.612. The van der Waals surface area contributed by atoms with Gasteiger partial charge in [-0.05, 0) is 25.2 Å². The predicted octanol–water partition coefficient (Wildman–Crippen LogP) is -0.393. The summed E-state index contributed by atoms with van der Waals surface area (Å²) >= 11 is 0. The Balaban J connectivity index is 1.92. The highest BCUT2D eigenvalue weighted by molar-refractivity contribution is 5.87. The minimum Gasteiger partial charge on any atom is -0.377 e. The quantitative estimate of drug-likeness (QED) is 0.728. The number of rotatable bonds is 3. The van der Waals surface area contributed by atoms with Crippen molar-refractivity contribution in [1.82, 2.24) is 4.90 Å². The molecule has 0 spiro atoms. The summed E-state index contributed by atoms with van der Waals surface area (Å²) in [5.41, 5.74) is 11.3. The van der Waals surface area contributed by atoms with Crippen LogP contribution >= 0.6 is 0 Å². The topological polar surface area (TPSA) is 98.7 Å². The molecule has 2 rings (SSSR count). The van der Waals surface area contributed by atoms with Gasteiger partial charge in [0.15, 0.2) is 0 Å². The molecule has 1 heterocycles. The van der Waals surface area contributed by atoms with Crippen LogP contribution in [0.2, 0.25) is 0 Å². The summed E-state index contributed by atoms with van der Waals surface area (Å²) < 4.78 is 5.22. The van der Waals surface area contributed by atoms with Gasteiger partial charge in [-0.3, -0.25) is 9.59 Å². The van der Waals surface area contributed by atoms with E-state index in [1.54, 1.807) is 4.90 Å². The zero-order chi connectivity index (χ0) is 13.8. The highest BCUT2D eigenvalue weighted by atomic mass is 16.5. The average Bonchev–Trinajstić information content (AvgIpc) is 2.38. The van der Waals surface area contributed by atoms with Crippen molar-refractivity contribution in [1.29, 1.82) is 0 Å². The number of ether oxygens (including phenoxy) is 1. The Bertz CT molecular complexity index is 348. The van der Waals surface area contributed by atoms with Crippen molar-refractivity contribution in [2.45, 2.75) is 44.2 Å². The first-order valence-corrected chi connectivity index (χ1v) is 7.00. The maximum absolute atomic E-state index is 12.3. The lowest BCUT2D eigenvalue weighted by atomic mass is 9.84. The Labute approximate surface area is 113 Å². The van der Waals surface area contributed by atoms with Crippen LogP contribution < -0.4 is 11.5 Å². The molecule has 1 aliphatic heterocycles. The van der Waals surface area contributed by atoms with Crippen LogP contribution in [0.1, 0.15) is 32.1 Å². The Kier molecular flexibility index (Phi) is 4.76. The summed E-state index contributed by atoms with van der Waals surface area (Å²) in [5.74, 6) is -0.146. The van der Waals surface area contributed by atoms with Gasteiger partial charge < -0.3 is 21.1 Å². The van der Waals surface area contributed by atoms with E-state index in [0.717, 1.165) is 25.7 Å². The summed E-state index contributed by atoms with van der Waals surface area (Å²) in [6.45, 7) is 1.14. The van der Waals surface area contributed by atoms with E-state index in [1.807, 2.05) is 0 Å². The third kappa shape index (κ3) is 3.67.